The molecule has 0 aliphatic heterocycles. The van der Waals surface area contributed by atoms with Gasteiger partial charge in [-0.3, -0.25) is 0 Å². The molecular formula is C20H25N3O3S2. The van der Waals surface area contributed by atoms with E-state index in [9.17, 15) is 10.2 Å². The zero-order chi connectivity index (χ0) is 20.3. The van der Waals surface area contributed by atoms with Gasteiger partial charge in [-0.25, -0.2) is 9.50 Å². The highest BCUT2D eigenvalue weighted by Gasteiger charge is 2.39. The Hall–Kier alpha value is -1.61. The van der Waals surface area contributed by atoms with Crippen molar-refractivity contribution in [2.24, 2.45) is 0 Å². The second kappa shape index (κ2) is 6.73. The molecule has 0 atom stereocenters. The van der Waals surface area contributed by atoms with Crippen molar-refractivity contribution in [1.82, 2.24) is 14.6 Å². The minimum atomic E-state index is -1.00. The molecule has 150 valence electrons. The summed E-state index contributed by atoms with van der Waals surface area (Å²) in [7, 11) is 1.67. The maximum atomic E-state index is 10.3. The molecule has 3 aromatic rings. The molecule has 8 heteroatoms. The fourth-order valence-electron chi connectivity index (χ4n) is 3.53. The van der Waals surface area contributed by atoms with Crippen LogP contribution in [0.2, 0.25) is 0 Å². The van der Waals surface area contributed by atoms with Gasteiger partial charge in [0.1, 0.15) is 16.4 Å². The first-order valence-electron chi connectivity index (χ1n) is 9.24. The molecule has 0 saturated heterocycles. The van der Waals surface area contributed by atoms with Crippen molar-refractivity contribution in [1.29, 1.82) is 0 Å². The molecule has 1 saturated carbocycles. The predicted octanol–water partition coefficient (Wildman–Crippen LogP) is 4.01. The van der Waals surface area contributed by atoms with E-state index in [1.54, 1.807) is 32.7 Å². The van der Waals surface area contributed by atoms with Crippen LogP contribution in [-0.2, 0) is 5.60 Å². The third-order valence-corrected chi connectivity index (χ3v) is 7.43. The predicted molar refractivity (Wildman–Crippen MR) is 112 cm³/mol. The lowest BCUT2D eigenvalue weighted by molar-refractivity contribution is -0.00945. The topological polar surface area (TPSA) is 79.9 Å². The van der Waals surface area contributed by atoms with Crippen LogP contribution in [0.3, 0.4) is 0 Å². The van der Waals surface area contributed by atoms with Crippen LogP contribution in [0.15, 0.2) is 23.1 Å². The third kappa shape index (κ3) is 3.54. The van der Waals surface area contributed by atoms with Crippen LogP contribution in [-0.4, -0.2) is 42.8 Å². The zero-order valence-corrected chi connectivity index (χ0v) is 18.3. The van der Waals surface area contributed by atoms with Gasteiger partial charge in [0, 0.05) is 10.8 Å². The SMILES string of the molecule is COc1ccc(-c2c(C)nc3sc(C(C)(C)O)nn23)cc1S[C@H]1C[C@@](C)(O)C1. The molecule has 2 N–H and O–H groups in total. The van der Waals surface area contributed by atoms with Gasteiger partial charge in [0.15, 0.2) is 0 Å². The number of imidazole rings is 1. The molecule has 1 aliphatic carbocycles. The molecule has 28 heavy (non-hydrogen) atoms. The zero-order valence-electron chi connectivity index (χ0n) is 16.7. The summed E-state index contributed by atoms with van der Waals surface area (Å²) in [6.45, 7) is 7.31. The Morgan fingerprint density at radius 3 is 2.68 bits per heavy atom. The van der Waals surface area contributed by atoms with Crippen molar-refractivity contribution in [2.75, 3.05) is 7.11 Å². The lowest BCUT2D eigenvalue weighted by Crippen LogP contribution is -2.42. The number of thioether (sulfide) groups is 1. The van der Waals surface area contributed by atoms with E-state index < -0.39 is 11.2 Å². The highest BCUT2D eigenvalue weighted by Crippen LogP contribution is 2.46. The van der Waals surface area contributed by atoms with E-state index in [4.69, 9.17) is 4.74 Å². The van der Waals surface area contributed by atoms with E-state index in [2.05, 4.69) is 16.1 Å². The molecule has 0 bridgehead atoms. The van der Waals surface area contributed by atoms with Gasteiger partial charge in [-0.1, -0.05) is 11.3 Å². The van der Waals surface area contributed by atoms with Crippen LogP contribution in [0, 0.1) is 6.92 Å². The average Bonchev–Trinajstić information content (AvgIpc) is 3.09. The number of aliphatic hydroxyl groups is 2. The Morgan fingerprint density at radius 2 is 2.07 bits per heavy atom. The second-order valence-electron chi connectivity index (χ2n) is 8.22. The lowest BCUT2D eigenvalue weighted by Gasteiger charge is -2.40. The summed E-state index contributed by atoms with van der Waals surface area (Å²) in [6, 6.07) is 6.09. The number of methoxy groups -OCH3 is 1. The fraction of sp³-hybridized carbons (Fsp3) is 0.500. The third-order valence-electron chi connectivity index (χ3n) is 4.97. The minimum absolute atomic E-state index is 0.381. The van der Waals surface area contributed by atoms with Gasteiger partial charge in [0.25, 0.3) is 0 Å². The molecular weight excluding hydrogens is 394 g/mol. The summed E-state index contributed by atoms with van der Waals surface area (Å²) in [5, 5.41) is 26.0. The van der Waals surface area contributed by atoms with Gasteiger partial charge in [-0.15, -0.1) is 11.8 Å². The molecule has 1 fully saturated rings. The number of nitrogens with zero attached hydrogens (tertiary/aromatic N) is 3. The Morgan fingerprint density at radius 1 is 1.36 bits per heavy atom. The van der Waals surface area contributed by atoms with Crippen molar-refractivity contribution >= 4 is 28.1 Å². The van der Waals surface area contributed by atoms with Gasteiger partial charge >= 0.3 is 0 Å². The summed E-state index contributed by atoms with van der Waals surface area (Å²) < 4.78 is 7.37. The summed E-state index contributed by atoms with van der Waals surface area (Å²) in [6.07, 6.45) is 1.56. The molecule has 0 amide bonds. The number of hydrogen-bond acceptors (Lipinski definition) is 7. The molecule has 0 spiro atoms. The number of aromatic nitrogens is 3. The maximum absolute atomic E-state index is 10.3. The average molecular weight is 420 g/mol. The summed E-state index contributed by atoms with van der Waals surface area (Å²) in [5.41, 5.74) is 1.27. The van der Waals surface area contributed by atoms with Gasteiger partial charge in [-0.05, 0) is 58.7 Å². The van der Waals surface area contributed by atoms with Crippen LogP contribution in [0.25, 0.3) is 16.2 Å². The lowest BCUT2D eigenvalue weighted by atomic mass is 9.82. The van der Waals surface area contributed by atoms with Gasteiger partial charge in [0.05, 0.1) is 29.0 Å². The highest BCUT2D eigenvalue weighted by molar-refractivity contribution is 8.00. The van der Waals surface area contributed by atoms with Crippen LogP contribution in [0.1, 0.15) is 44.3 Å². The van der Waals surface area contributed by atoms with E-state index >= 15 is 0 Å². The van der Waals surface area contributed by atoms with E-state index in [0.29, 0.717) is 10.3 Å². The molecule has 2 aromatic heterocycles. The first-order chi connectivity index (χ1) is 13.1. The summed E-state index contributed by atoms with van der Waals surface area (Å²) in [5.74, 6) is 0.828. The number of benzene rings is 1. The van der Waals surface area contributed by atoms with Crippen molar-refractivity contribution < 1.29 is 14.9 Å². The van der Waals surface area contributed by atoms with Gasteiger partial charge < -0.3 is 14.9 Å². The monoisotopic (exact) mass is 419 g/mol. The minimum Gasteiger partial charge on any atom is -0.496 e. The van der Waals surface area contributed by atoms with E-state index in [1.165, 1.54) is 11.3 Å². The highest BCUT2D eigenvalue weighted by atomic mass is 32.2. The number of hydrogen-bond donors (Lipinski definition) is 2. The van der Waals surface area contributed by atoms with Crippen LogP contribution in [0.4, 0.5) is 0 Å². The van der Waals surface area contributed by atoms with E-state index in [0.717, 1.165) is 45.4 Å². The Bertz CT molecular complexity index is 1030. The smallest absolute Gasteiger partial charge is 0.213 e. The largest absolute Gasteiger partial charge is 0.496 e. The van der Waals surface area contributed by atoms with Crippen molar-refractivity contribution in [3.63, 3.8) is 0 Å². The first-order valence-corrected chi connectivity index (χ1v) is 10.9. The normalized spacial score (nSPS) is 22.5. The molecule has 2 heterocycles. The summed E-state index contributed by atoms with van der Waals surface area (Å²) >= 11 is 3.15. The standard InChI is InChI=1S/C20H25N3O3S2/c1-11-16(23-18(21-11)28-17(22-23)19(2,3)24)12-6-7-14(26-5)15(8-12)27-13-9-20(4,25)10-13/h6-8,13,24-25H,9-10H2,1-5H3/t13-,20+. The van der Waals surface area contributed by atoms with Crippen LogP contribution in [0.5, 0.6) is 5.75 Å². The molecule has 1 aromatic carbocycles. The Balaban J connectivity index is 1.74. The first kappa shape index (κ1) is 19.7. The van der Waals surface area contributed by atoms with E-state index in [1.807, 2.05) is 30.5 Å². The van der Waals surface area contributed by atoms with E-state index in [-0.39, 0.29) is 0 Å². The van der Waals surface area contributed by atoms with Gasteiger partial charge in [-0.2, -0.15) is 5.10 Å². The van der Waals surface area contributed by atoms with Crippen LogP contribution >= 0.6 is 23.1 Å². The molecule has 4 rings (SSSR count). The Labute approximate surface area is 172 Å². The number of aryl methyl sites for hydroxylation is 1. The summed E-state index contributed by atoms with van der Waals surface area (Å²) in [4.78, 5) is 6.46. The quantitative estimate of drug-likeness (QED) is 0.651. The number of fused-ring (bicyclic) bond motifs is 1. The Kier molecular flexibility index (Phi) is 4.73. The molecule has 0 unspecified atom stereocenters. The van der Waals surface area contributed by atoms with Crippen molar-refractivity contribution in [2.45, 2.75) is 61.9 Å². The van der Waals surface area contributed by atoms with Crippen LogP contribution < -0.4 is 4.74 Å². The second-order valence-corrected chi connectivity index (χ2v) is 10.5. The maximum Gasteiger partial charge on any atom is 0.213 e. The molecule has 6 nitrogen and oxygen atoms in total. The fourth-order valence-corrected chi connectivity index (χ4v) is 6.18. The number of ether oxygens (including phenoxy) is 1. The molecule has 0 radical (unpaired) electrons. The number of rotatable bonds is 5. The van der Waals surface area contributed by atoms with Gasteiger partial charge in [0.2, 0.25) is 4.96 Å². The molecule has 1 aliphatic rings. The van der Waals surface area contributed by atoms with Crippen molar-refractivity contribution in [3.05, 3.63) is 28.9 Å². The van der Waals surface area contributed by atoms with Crippen molar-refractivity contribution in [3.8, 4) is 17.0 Å².